The zero-order valence-corrected chi connectivity index (χ0v) is 23.7. The van der Waals surface area contributed by atoms with E-state index in [1.807, 2.05) is 47.3 Å². The molecule has 0 saturated carbocycles. The minimum absolute atomic E-state index is 0.220. The summed E-state index contributed by atoms with van der Waals surface area (Å²) in [7, 11) is 0. The van der Waals surface area contributed by atoms with Gasteiger partial charge in [0.05, 0.1) is 16.4 Å². The van der Waals surface area contributed by atoms with Gasteiger partial charge in [-0.2, -0.15) is 5.10 Å². The Labute approximate surface area is 242 Å². The van der Waals surface area contributed by atoms with Crippen molar-refractivity contribution in [3.63, 3.8) is 0 Å². The zero-order valence-electron chi connectivity index (χ0n) is 21.4. The summed E-state index contributed by atoms with van der Waals surface area (Å²) in [5.41, 5.74) is 8.73. The SMILES string of the molecule is NC(=O)C1(N2CCCCC2)CCN(c2nccc3c(-c4ccc(Cl)cc4)n(-c4ccc(Cl)cc4Cl)nc23)CC1. The highest BCUT2D eigenvalue weighted by Gasteiger charge is 2.45. The van der Waals surface area contributed by atoms with E-state index in [4.69, 9.17) is 50.6 Å². The highest BCUT2D eigenvalue weighted by Crippen LogP contribution is 2.39. The van der Waals surface area contributed by atoms with E-state index >= 15 is 0 Å². The molecule has 0 aliphatic carbocycles. The molecule has 4 heterocycles. The summed E-state index contributed by atoms with van der Waals surface area (Å²) >= 11 is 19.1. The lowest BCUT2D eigenvalue weighted by molar-refractivity contribution is -0.132. The second-order valence-corrected chi connectivity index (χ2v) is 11.6. The number of benzene rings is 2. The fourth-order valence-electron chi connectivity index (χ4n) is 6.07. The molecule has 2 aliphatic heterocycles. The van der Waals surface area contributed by atoms with Gasteiger partial charge in [0, 0.05) is 40.3 Å². The summed E-state index contributed by atoms with van der Waals surface area (Å²) in [4.78, 5) is 22.1. The van der Waals surface area contributed by atoms with Crippen LogP contribution in [0.3, 0.4) is 0 Å². The number of aromatic nitrogens is 3. The second kappa shape index (κ2) is 10.6. The van der Waals surface area contributed by atoms with Crippen molar-refractivity contribution >= 4 is 57.4 Å². The first-order chi connectivity index (χ1) is 18.9. The van der Waals surface area contributed by atoms with Crippen molar-refractivity contribution in [3.05, 3.63) is 69.8 Å². The second-order valence-electron chi connectivity index (χ2n) is 10.3. The monoisotopic (exact) mass is 582 g/mol. The Balaban J connectivity index is 1.43. The quantitative estimate of drug-likeness (QED) is 0.296. The number of nitrogens with zero attached hydrogens (tertiary/aromatic N) is 5. The molecule has 0 atom stereocenters. The van der Waals surface area contributed by atoms with Crippen molar-refractivity contribution in [2.45, 2.75) is 37.6 Å². The number of pyridine rings is 1. The maximum absolute atomic E-state index is 12.8. The van der Waals surface area contributed by atoms with Gasteiger partial charge >= 0.3 is 0 Å². The number of hydrogen-bond donors (Lipinski definition) is 1. The van der Waals surface area contributed by atoms with Gasteiger partial charge in [-0.1, -0.05) is 53.4 Å². The summed E-state index contributed by atoms with van der Waals surface area (Å²) in [5, 5.41) is 7.70. The number of halogens is 3. The zero-order chi connectivity index (χ0) is 27.1. The minimum atomic E-state index is -0.602. The number of likely N-dealkylation sites (tertiary alicyclic amines) is 1. The predicted octanol–water partition coefficient (Wildman–Crippen LogP) is 6.36. The molecular weight excluding hydrogens is 555 g/mol. The van der Waals surface area contributed by atoms with E-state index in [0.29, 0.717) is 46.7 Å². The van der Waals surface area contributed by atoms with Crippen LogP contribution in [0, 0.1) is 0 Å². The first-order valence-electron chi connectivity index (χ1n) is 13.3. The lowest BCUT2D eigenvalue weighted by Crippen LogP contribution is -2.63. The lowest BCUT2D eigenvalue weighted by Gasteiger charge is -2.48. The molecule has 1 amide bonds. The molecule has 0 spiro atoms. The number of nitrogens with two attached hydrogens (primary N) is 1. The van der Waals surface area contributed by atoms with Crippen LogP contribution in [0.25, 0.3) is 27.8 Å². The molecule has 2 fully saturated rings. The largest absolute Gasteiger partial charge is 0.368 e. The Morgan fingerprint density at radius 2 is 1.56 bits per heavy atom. The van der Waals surface area contributed by atoms with E-state index in [0.717, 1.165) is 53.9 Å². The van der Waals surface area contributed by atoms with E-state index < -0.39 is 5.54 Å². The summed E-state index contributed by atoms with van der Waals surface area (Å²) in [5.74, 6) is 0.560. The first kappa shape index (κ1) is 26.4. The molecule has 0 unspecified atom stereocenters. The van der Waals surface area contributed by atoms with Gasteiger partial charge in [0.2, 0.25) is 5.91 Å². The molecule has 6 rings (SSSR count). The van der Waals surface area contributed by atoms with Gasteiger partial charge in [-0.15, -0.1) is 0 Å². The molecule has 0 radical (unpaired) electrons. The van der Waals surface area contributed by atoms with Gasteiger partial charge in [0.1, 0.15) is 11.1 Å². The van der Waals surface area contributed by atoms with E-state index in [2.05, 4.69) is 9.80 Å². The molecule has 39 heavy (non-hydrogen) atoms. The average molecular weight is 584 g/mol. The maximum Gasteiger partial charge on any atom is 0.238 e. The predicted molar refractivity (Wildman–Crippen MR) is 158 cm³/mol. The van der Waals surface area contributed by atoms with E-state index in [9.17, 15) is 4.79 Å². The van der Waals surface area contributed by atoms with Crippen molar-refractivity contribution in [3.8, 4) is 16.9 Å². The van der Waals surface area contributed by atoms with Gasteiger partial charge < -0.3 is 10.6 Å². The van der Waals surface area contributed by atoms with Crippen LogP contribution >= 0.6 is 34.8 Å². The smallest absolute Gasteiger partial charge is 0.238 e. The van der Waals surface area contributed by atoms with E-state index in [-0.39, 0.29) is 5.91 Å². The molecular formula is C29H29Cl3N6O. The Hall–Kier alpha value is -2.84. The fraction of sp³-hybridized carbons (Fsp3) is 0.345. The van der Waals surface area contributed by atoms with Crippen molar-refractivity contribution < 1.29 is 4.79 Å². The normalized spacial score (nSPS) is 18.0. The van der Waals surface area contributed by atoms with Crippen LogP contribution in [0.1, 0.15) is 32.1 Å². The van der Waals surface area contributed by atoms with Crippen LogP contribution in [-0.4, -0.2) is 57.3 Å². The standard InChI is InChI=1S/C29H29Cl3N6O/c30-20-6-4-19(5-7-20)26-22-10-13-34-27(25(22)35-38(26)24-9-8-21(31)18-23(24)32)36-16-11-29(12-17-36,28(33)39)37-14-2-1-3-15-37/h4-10,13,18H,1-3,11-12,14-17H2,(H2,33,39). The number of rotatable bonds is 5. The van der Waals surface area contributed by atoms with Crippen molar-refractivity contribution in [1.29, 1.82) is 0 Å². The van der Waals surface area contributed by atoms with Crippen LogP contribution in [0.4, 0.5) is 5.82 Å². The molecule has 2 saturated heterocycles. The number of fused-ring (bicyclic) bond motifs is 1. The fourth-order valence-corrected chi connectivity index (χ4v) is 6.68. The average Bonchev–Trinajstić information content (AvgIpc) is 3.33. The molecule has 2 aromatic carbocycles. The van der Waals surface area contributed by atoms with E-state index in [1.165, 1.54) is 6.42 Å². The van der Waals surface area contributed by atoms with Crippen LogP contribution < -0.4 is 10.6 Å². The van der Waals surface area contributed by atoms with Gasteiger partial charge in [0.15, 0.2) is 5.82 Å². The molecule has 2 aromatic heterocycles. The third-order valence-corrected chi connectivity index (χ3v) is 8.93. The number of carbonyl (C=O) groups excluding carboxylic acids is 1. The van der Waals surface area contributed by atoms with Gasteiger partial charge in [-0.25, -0.2) is 9.67 Å². The molecule has 2 N–H and O–H groups in total. The summed E-state index contributed by atoms with van der Waals surface area (Å²) < 4.78 is 1.85. The summed E-state index contributed by atoms with van der Waals surface area (Å²) in [6, 6.07) is 15.0. The highest BCUT2D eigenvalue weighted by atomic mass is 35.5. The van der Waals surface area contributed by atoms with Gasteiger partial charge in [0.25, 0.3) is 0 Å². The van der Waals surface area contributed by atoms with Gasteiger partial charge in [-0.3, -0.25) is 9.69 Å². The molecule has 10 heteroatoms. The molecule has 2 aliphatic rings. The lowest BCUT2D eigenvalue weighted by atomic mass is 9.83. The number of amides is 1. The number of piperidine rings is 2. The number of hydrogen-bond acceptors (Lipinski definition) is 5. The molecule has 4 aromatic rings. The first-order valence-corrected chi connectivity index (χ1v) is 14.4. The molecule has 202 valence electrons. The Morgan fingerprint density at radius 3 is 2.23 bits per heavy atom. The van der Waals surface area contributed by atoms with Crippen LogP contribution in [0.2, 0.25) is 15.1 Å². The van der Waals surface area contributed by atoms with Crippen LogP contribution in [0.5, 0.6) is 0 Å². The minimum Gasteiger partial charge on any atom is -0.368 e. The molecule has 7 nitrogen and oxygen atoms in total. The van der Waals surface area contributed by atoms with Crippen LogP contribution in [0.15, 0.2) is 54.7 Å². The van der Waals surface area contributed by atoms with Crippen molar-refractivity contribution in [1.82, 2.24) is 19.7 Å². The number of primary amides is 1. The number of anilines is 1. The van der Waals surface area contributed by atoms with Crippen LogP contribution in [-0.2, 0) is 4.79 Å². The third kappa shape index (κ3) is 4.76. The topological polar surface area (TPSA) is 80.3 Å². The summed E-state index contributed by atoms with van der Waals surface area (Å²) in [6.07, 6.45) is 6.56. The van der Waals surface area contributed by atoms with Crippen molar-refractivity contribution in [2.75, 3.05) is 31.1 Å². The summed E-state index contributed by atoms with van der Waals surface area (Å²) in [6.45, 7) is 3.17. The number of carbonyl (C=O) groups is 1. The maximum atomic E-state index is 12.8. The Kier molecular flexibility index (Phi) is 7.18. The third-order valence-electron chi connectivity index (χ3n) is 8.14. The Bertz CT molecular complexity index is 1520. The van der Waals surface area contributed by atoms with Crippen molar-refractivity contribution in [2.24, 2.45) is 5.73 Å². The highest BCUT2D eigenvalue weighted by molar-refractivity contribution is 6.35. The molecule has 0 bridgehead atoms. The van der Waals surface area contributed by atoms with E-state index in [1.54, 1.807) is 12.1 Å². The Morgan fingerprint density at radius 1 is 0.872 bits per heavy atom. The van der Waals surface area contributed by atoms with Gasteiger partial charge in [-0.05, 0) is 75.2 Å².